The van der Waals surface area contributed by atoms with Gasteiger partial charge in [-0.05, 0) is 49.9 Å². The lowest BCUT2D eigenvalue weighted by molar-refractivity contribution is -0.117. The van der Waals surface area contributed by atoms with E-state index in [0.29, 0.717) is 12.8 Å². The largest absolute Gasteiger partial charge is 0.278 e. The van der Waals surface area contributed by atoms with E-state index in [-0.39, 0.29) is 12.8 Å². The van der Waals surface area contributed by atoms with Crippen LogP contribution >= 0.6 is 23.2 Å². The second kappa shape index (κ2) is 8.08. The van der Waals surface area contributed by atoms with Crippen molar-refractivity contribution in [1.82, 2.24) is 0 Å². The minimum Gasteiger partial charge on any atom is -0.278 e. The Morgan fingerprint density at radius 3 is 1.40 bits per heavy atom. The number of carbonyl (C=O) groups excluding carboxylic acids is 4. The molecule has 0 bridgehead atoms. The standard InChI is InChI=1S/C12H14Cl2N2O4/c1-11(9(13)19,15-7-17)5-3-4-6-12(2,10(14)20)16-8-18/h3-6H2,1-2H3/t11-,12-/m0/s1. The molecular formula is C12H14Cl2N2O4. The number of hydrogen-bond acceptors (Lipinski definition) is 6. The molecule has 0 heterocycles. The topological polar surface area (TPSA) is 93.0 Å². The van der Waals surface area contributed by atoms with E-state index in [4.69, 9.17) is 23.2 Å². The molecule has 0 N–H and O–H groups in total. The van der Waals surface area contributed by atoms with Crippen molar-refractivity contribution >= 4 is 45.8 Å². The van der Waals surface area contributed by atoms with E-state index in [2.05, 4.69) is 9.98 Å². The molecule has 0 aliphatic heterocycles. The van der Waals surface area contributed by atoms with Crippen molar-refractivity contribution < 1.29 is 19.2 Å². The van der Waals surface area contributed by atoms with Gasteiger partial charge in [0, 0.05) is 0 Å². The van der Waals surface area contributed by atoms with Crippen molar-refractivity contribution in [2.24, 2.45) is 9.98 Å². The highest BCUT2D eigenvalue weighted by Crippen LogP contribution is 2.26. The smallest absolute Gasteiger partial charge is 0.249 e. The molecule has 2 atom stereocenters. The molecule has 0 aliphatic carbocycles. The number of carbonyl (C=O) groups is 2. The lowest BCUT2D eigenvalue weighted by Crippen LogP contribution is -2.31. The first-order valence-corrected chi connectivity index (χ1v) is 6.55. The minimum atomic E-state index is -1.33. The molecule has 0 rings (SSSR count). The van der Waals surface area contributed by atoms with Gasteiger partial charge in [0.1, 0.15) is 11.1 Å². The van der Waals surface area contributed by atoms with Gasteiger partial charge >= 0.3 is 0 Å². The predicted molar refractivity (Wildman–Crippen MR) is 73.2 cm³/mol. The molecule has 0 saturated heterocycles. The zero-order valence-corrected chi connectivity index (χ0v) is 12.6. The molecule has 0 saturated carbocycles. The third kappa shape index (κ3) is 5.35. The number of nitrogens with zero attached hydrogens (tertiary/aromatic N) is 2. The lowest BCUT2D eigenvalue weighted by atomic mass is 9.92. The second-order valence-electron chi connectivity index (χ2n) is 4.71. The third-order valence-electron chi connectivity index (χ3n) is 3.01. The molecule has 0 radical (unpaired) electrons. The summed E-state index contributed by atoms with van der Waals surface area (Å²) in [4.78, 5) is 49.7. The Morgan fingerprint density at radius 2 is 1.20 bits per heavy atom. The van der Waals surface area contributed by atoms with E-state index >= 15 is 0 Å². The Labute approximate surface area is 126 Å². The first-order chi connectivity index (χ1) is 9.22. The number of isocyanates is 2. The summed E-state index contributed by atoms with van der Waals surface area (Å²) in [6, 6.07) is 0. The van der Waals surface area contributed by atoms with Gasteiger partial charge < -0.3 is 0 Å². The van der Waals surface area contributed by atoms with Crippen LogP contribution in [0.1, 0.15) is 39.5 Å². The van der Waals surface area contributed by atoms with Gasteiger partial charge in [-0.15, -0.1) is 0 Å². The number of unbranched alkanes of at least 4 members (excludes halogenated alkanes) is 1. The van der Waals surface area contributed by atoms with E-state index in [9.17, 15) is 19.2 Å². The molecule has 0 unspecified atom stereocenters. The van der Waals surface area contributed by atoms with Gasteiger partial charge in [0.25, 0.3) is 0 Å². The fourth-order valence-electron chi connectivity index (χ4n) is 1.54. The van der Waals surface area contributed by atoms with Crippen molar-refractivity contribution in [3.05, 3.63) is 0 Å². The highest BCUT2D eigenvalue weighted by atomic mass is 35.5. The summed E-state index contributed by atoms with van der Waals surface area (Å²) >= 11 is 10.8. The number of halogens is 2. The van der Waals surface area contributed by atoms with Gasteiger partial charge in [-0.1, -0.05) is 12.8 Å². The van der Waals surface area contributed by atoms with Crippen molar-refractivity contribution in [2.45, 2.75) is 50.6 Å². The number of rotatable bonds is 9. The SMILES string of the molecule is C[C@@](CCCC[C@](C)(N=C=O)C(=O)Cl)(N=C=O)C(=O)Cl. The van der Waals surface area contributed by atoms with Crippen LogP contribution in [0.25, 0.3) is 0 Å². The average molecular weight is 321 g/mol. The first-order valence-electron chi connectivity index (χ1n) is 5.80. The fraction of sp³-hybridized carbons (Fsp3) is 0.667. The van der Waals surface area contributed by atoms with Crippen LogP contribution in [0.3, 0.4) is 0 Å². The van der Waals surface area contributed by atoms with Gasteiger partial charge in [-0.3, -0.25) is 9.59 Å². The van der Waals surface area contributed by atoms with Crippen LogP contribution in [-0.2, 0) is 19.2 Å². The Kier molecular flexibility index (Phi) is 7.54. The molecule has 6 nitrogen and oxygen atoms in total. The summed E-state index contributed by atoms with van der Waals surface area (Å²) in [7, 11) is 0. The van der Waals surface area contributed by atoms with E-state index in [0.717, 1.165) is 0 Å². The summed E-state index contributed by atoms with van der Waals surface area (Å²) in [5, 5.41) is -1.52. The van der Waals surface area contributed by atoms with Gasteiger partial charge in [0.15, 0.2) is 0 Å². The van der Waals surface area contributed by atoms with Crippen molar-refractivity contribution in [3.8, 4) is 0 Å². The number of hydrogen-bond donors (Lipinski definition) is 0. The molecule has 0 aliphatic rings. The molecule has 20 heavy (non-hydrogen) atoms. The Bertz CT molecular complexity index is 432. The average Bonchev–Trinajstić information content (AvgIpc) is 2.35. The van der Waals surface area contributed by atoms with Crippen molar-refractivity contribution in [3.63, 3.8) is 0 Å². The molecular weight excluding hydrogens is 307 g/mol. The van der Waals surface area contributed by atoms with E-state index in [1.165, 1.54) is 26.0 Å². The maximum Gasteiger partial charge on any atom is 0.249 e. The molecule has 0 aromatic carbocycles. The van der Waals surface area contributed by atoms with Crippen molar-refractivity contribution in [1.29, 1.82) is 0 Å². The van der Waals surface area contributed by atoms with Gasteiger partial charge in [-0.2, -0.15) is 9.98 Å². The maximum absolute atomic E-state index is 11.2. The minimum absolute atomic E-state index is 0.210. The van der Waals surface area contributed by atoms with Crippen LogP contribution in [0.4, 0.5) is 0 Å². The first kappa shape index (κ1) is 18.7. The summed E-state index contributed by atoms with van der Waals surface area (Å²) in [5.74, 6) is 0. The Balaban J connectivity index is 4.58. The highest BCUT2D eigenvalue weighted by Gasteiger charge is 2.33. The number of aliphatic imine (C=N–C) groups is 2. The maximum atomic E-state index is 11.2. The third-order valence-corrected chi connectivity index (χ3v) is 3.82. The van der Waals surface area contributed by atoms with E-state index in [1.54, 1.807) is 0 Å². The van der Waals surface area contributed by atoms with Crippen LogP contribution in [-0.4, -0.2) is 33.7 Å². The fourth-order valence-corrected chi connectivity index (χ4v) is 1.81. The van der Waals surface area contributed by atoms with Crippen LogP contribution in [0, 0.1) is 0 Å². The summed E-state index contributed by atoms with van der Waals surface area (Å²) in [6.07, 6.45) is 3.92. The second-order valence-corrected chi connectivity index (χ2v) is 5.39. The normalized spacial score (nSPS) is 16.0. The van der Waals surface area contributed by atoms with Crippen LogP contribution in [0.15, 0.2) is 9.98 Å². The van der Waals surface area contributed by atoms with Crippen LogP contribution in [0.5, 0.6) is 0 Å². The zero-order valence-electron chi connectivity index (χ0n) is 11.1. The molecule has 0 fully saturated rings. The van der Waals surface area contributed by atoms with Crippen LogP contribution < -0.4 is 0 Å². The van der Waals surface area contributed by atoms with Crippen LogP contribution in [0.2, 0.25) is 0 Å². The van der Waals surface area contributed by atoms with Gasteiger partial charge in [-0.25, -0.2) is 9.59 Å². The Hall–Kier alpha value is -1.32. The zero-order chi connectivity index (χ0) is 15.8. The monoisotopic (exact) mass is 320 g/mol. The highest BCUT2D eigenvalue weighted by molar-refractivity contribution is 6.66. The summed E-state index contributed by atoms with van der Waals surface area (Å²) < 4.78 is 0. The van der Waals surface area contributed by atoms with E-state index < -0.39 is 21.6 Å². The molecule has 0 aromatic rings. The molecule has 8 heteroatoms. The molecule has 0 spiro atoms. The lowest BCUT2D eigenvalue weighted by Gasteiger charge is -2.21. The van der Waals surface area contributed by atoms with Gasteiger partial charge in [0.2, 0.25) is 22.6 Å². The predicted octanol–water partition coefficient (Wildman–Crippen LogP) is 2.27. The Morgan fingerprint density at radius 1 is 0.900 bits per heavy atom. The quantitative estimate of drug-likeness (QED) is 0.282. The van der Waals surface area contributed by atoms with E-state index in [1.807, 2.05) is 0 Å². The molecule has 0 amide bonds. The van der Waals surface area contributed by atoms with Gasteiger partial charge in [0.05, 0.1) is 0 Å². The summed E-state index contributed by atoms with van der Waals surface area (Å²) in [5.41, 5.74) is -2.67. The molecule has 110 valence electrons. The summed E-state index contributed by atoms with van der Waals surface area (Å²) in [6.45, 7) is 2.84. The molecule has 0 aromatic heterocycles. The van der Waals surface area contributed by atoms with Crippen molar-refractivity contribution in [2.75, 3.05) is 0 Å².